The Morgan fingerprint density at radius 1 is 1.10 bits per heavy atom. The molecule has 0 aromatic heterocycles. The molecule has 0 spiro atoms. The highest BCUT2D eigenvalue weighted by atomic mass is 16.3. The smallest absolute Gasteiger partial charge is 0.0858 e. The van der Waals surface area contributed by atoms with Crippen LogP contribution in [-0.4, -0.2) is 5.11 Å². The summed E-state index contributed by atoms with van der Waals surface area (Å²) in [6.07, 6.45) is 2.82. The highest BCUT2D eigenvalue weighted by Crippen LogP contribution is 2.41. The third kappa shape index (κ3) is 3.03. The number of hydrogen-bond acceptors (Lipinski definition) is 1. The van der Waals surface area contributed by atoms with Gasteiger partial charge in [-0.15, -0.1) is 0 Å². The highest BCUT2D eigenvalue weighted by molar-refractivity contribution is 5.38. The van der Waals surface area contributed by atoms with Gasteiger partial charge in [-0.3, -0.25) is 0 Å². The molecular weight excluding hydrogens is 256 g/mol. The summed E-state index contributed by atoms with van der Waals surface area (Å²) in [4.78, 5) is 0. The van der Waals surface area contributed by atoms with E-state index < -0.39 is 0 Å². The van der Waals surface area contributed by atoms with Gasteiger partial charge in [0, 0.05) is 5.92 Å². The van der Waals surface area contributed by atoms with Gasteiger partial charge in [0.25, 0.3) is 0 Å². The molecule has 0 fully saturated rings. The van der Waals surface area contributed by atoms with Crippen molar-refractivity contribution in [3.05, 3.63) is 70.8 Å². The molecule has 0 saturated carbocycles. The molecule has 0 bridgehead atoms. The molecule has 110 valence electrons. The van der Waals surface area contributed by atoms with Crippen LogP contribution in [0.1, 0.15) is 54.5 Å². The van der Waals surface area contributed by atoms with Gasteiger partial charge in [-0.2, -0.15) is 0 Å². The molecule has 1 aliphatic rings. The van der Waals surface area contributed by atoms with Gasteiger partial charge in [0.1, 0.15) is 0 Å². The molecule has 0 radical (unpaired) electrons. The first-order valence-corrected chi connectivity index (χ1v) is 8.00. The van der Waals surface area contributed by atoms with E-state index in [1.54, 1.807) is 0 Å². The molecule has 0 aliphatic heterocycles. The molecule has 2 aromatic rings. The van der Waals surface area contributed by atoms with E-state index in [0.717, 1.165) is 24.8 Å². The molecular formula is C20H24O. The predicted octanol–water partition coefficient (Wildman–Crippen LogP) is 4.65. The second kappa shape index (κ2) is 6.03. The lowest BCUT2D eigenvalue weighted by molar-refractivity contribution is 0.145. The second-order valence-electron chi connectivity index (χ2n) is 6.63. The lowest BCUT2D eigenvalue weighted by atomic mass is 9.89. The maximum Gasteiger partial charge on any atom is 0.0858 e. The monoisotopic (exact) mass is 280 g/mol. The molecule has 2 aromatic carbocycles. The zero-order valence-electron chi connectivity index (χ0n) is 12.9. The minimum Gasteiger partial charge on any atom is -0.388 e. The fourth-order valence-corrected chi connectivity index (χ4v) is 3.53. The first-order valence-electron chi connectivity index (χ1n) is 8.00. The van der Waals surface area contributed by atoms with Crippen molar-refractivity contribution in [1.82, 2.24) is 0 Å². The van der Waals surface area contributed by atoms with Crippen LogP contribution in [0.2, 0.25) is 0 Å². The standard InChI is InChI=1S/C20H24O/c1-14(2)12-15-6-5-8-17(13-15)20(21)19-11-10-16-7-3-4-9-18(16)19/h3-9,13-14,19-21H,10-12H2,1-2H3. The van der Waals surface area contributed by atoms with Crippen LogP contribution in [0.5, 0.6) is 0 Å². The Balaban J connectivity index is 1.84. The van der Waals surface area contributed by atoms with E-state index in [1.165, 1.54) is 16.7 Å². The summed E-state index contributed by atoms with van der Waals surface area (Å²) in [5.74, 6) is 0.889. The number of rotatable bonds is 4. The van der Waals surface area contributed by atoms with Crippen LogP contribution in [0.3, 0.4) is 0 Å². The third-order valence-corrected chi connectivity index (χ3v) is 4.50. The minimum atomic E-state index is -0.388. The van der Waals surface area contributed by atoms with Crippen molar-refractivity contribution in [1.29, 1.82) is 0 Å². The molecule has 21 heavy (non-hydrogen) atoms. The first-order chi connectivity index (χ1) is 10.1. The third-order valence-electron chi connectivity index (χ3n) is 4.50. The molecule has 1 heteroatoms. The van der Waals surface area contributed by atoms with E-state index in [4.69, 9.17) is 0 Å². The lowest BCUT2D eigenvalue weighted by Gasteiger charge is -2.20. The molecule has 2 unspecified atom stereocenters. The van der Waals surface area contributed by atoms with Crippen LogP contribution in [0, 0.1) is 5.92 Å². The Morgan fingerprint density at radius 3 is 2.71 bits per heavy atom. The van der Waals surface area contributed by atoms with E-state index in [2.05, 4.69) is 62.4 Å². The summed E-state index contributed by atoms with van der Waals surface area (Å²) >= 11 is 0. The van der Waals surface area contributed by atoms with E-state index in [0.29, 0.717) is 5.92 Å². The van der Waals surface area contributed by atoms with Crippen molar-refractivity contribution >= 4 is 0 Å². The summed E-state index contributed by atoms with van der Waals surface area (Å²) in [5, 5.41) is 10.8. The molecule has 0 heterocycles. The predicted molar refractivity (Wildman–Crippen MR) is 87.4 cm³/mol. The lowest BCUT2D eigenvalue weighted by Crippen LogP contribution is -2.09. The second-order valence-corrected chi connectivity index (χ2v) is 6.63. The van der Waals surface area contributed by atoms with Gasteiger partial charge in [-0.25, -0.2) is 0 Å². The van der Waals surface area contributed by atoms with E-state index in [1.807, 2.05) is 0 Å². The number of aliphatic hydroxyl groups excluding tert-OH is 1. The quantitative estimate of drug-likeness (QED) is 0.864. The fourth-order valence-electron chi connectivity index (χ4n) is 3.53. The van der Waals surface area contributed by atoms with Gasteiger partial charge in [0.15, 0.2) is 0 Å². The van der Waals surface area contributed by atoms with Gasteiger partial charge < -0.3 is 5.11 Å². The summed E-state index contributed by atoms with van der Waals surface area (Å²) in [5.41, 5.74) is 5.13. The largest absolute Gasteiger partial charge is 0.388 e. The minimum absolute atomic E-state index is 0.246. The Morgan fingerprint density at radius 2 is 1.90 bits per heavy atom. The van der Waals surface area contributed by atoms with E-state index in [-0.39, 0.29) is 12.0 Å². The van der Waals surface area contributed by atoms with Crippen molar-refractivity contribution in [3.63, 3.8) is 0 Å². The average Bonchev–Trinajstić information content (AvgIpc) is 2.90. The zero-order chi connectivity index (χ0) is 14.8. The Bertz CT molecular complexity index is 615. The van der Waals surface area contributed by atoms with Crippen molar-refractivity contribution < 1.29 is 5.11 Å². The Kier molecular flexibility index (Phi) is 4.12. The Hall–Kier alpha value is -1.60. The highest BCUT2D eigenvalue weighted by Gasteiger charge is 2.29. The molecule has 0 amide bonds. The summed E-state index contributed by atoms with van der Waals surface area (Å²) in [7, 11) is 0. The maximum absolute atomic E-state index is 10.8. The number of hydrogen-bond donors (Lipinski definition) is 1. The van der Waals surface area contributed by atoms with Crippen LogP contribution in [-0.2, 0) is 12.8 Å². The summed E-state index contributed by atoms with van der Waals surface area (Å²) in [6, 6.07) is 17.0. The molecule has 2 atom stereocenters. The normalized spacial score (nSPS) is 18.8. The number of benzene rings is 2. The number of fused-ring (bicyclic) bond motifs is 1. The molecule has 0 saturated heterocycles. The van der Waals surface area contributed by atoms with Crippen molar-refractivity contribution in [2.24, 2.45) is 5.92 Å². The van der Waals surface area contributed by atoms with Crippen LogP contribution in [0.4, 0.5) is 0 Å². The Labute approximate surface area is 127 Å². The van der Waals surface area contributed by atoms with E-state index >= 15 is 0 Å². The van der Waals surface area contributed by atoms with Crippen LogP contribution in [0.15, 0.2) is 48.5 Å². The van der Waals surface area contributed by atoms with Gasteiger partial charge >= 0.3 is 0 Å². The number of aliphatic hydroxyl groups is 1. The van der Waals surface area contributed by atoms with Crippen molar-refractivity contribution in [2.45, 2.75) is 45.1 Å². The first kappa shape index (κ1) is 14.3. The molecule has 1 nitrogen and oxygen atoms in total. The van der Waals surface area contributed by atoms with E-state index in [9.17, 15) is 5.11 Å². The molecule has 1 N–H and O–H groups in total. The van der Waals surface area contributed by atoms with Crippen LogP contribution < -0.4 is 0 Å². The zero-order valence-corrected chi connectivity index (χ0v) is 12.9. The van der Waals surface area contributed by atoms with Crippen LogP contribution in [0.25, 0.3) is 0 Å². The SMILES string of the molecule is CC(C)Cc1cccc(C(O)C2CCc3ccccc32)c1. The van der Waals surface area contributed by atoms with Crippen molar-refractivity contribution in [3.8, 4) is 0 Å². The summed E-state index contributed by atoms with van der Waals surface area (Å²) < 4.78 is 0. The van der Waals surface area contributed by atoms with Gasteiger partial charge in [-0.1, -0.05) is 62.4 Å². The van der Waals surface area contributed by atoms with Crippen LogP contribution >= 0.6 is 0 Å². The van der Waals surface area contributed by atoms with Gasteiger partial charge in [0.05, 0.1) is 6.10 Å². The molecule has 3 rings (SSSR count). The van der Waals surface area contributed by atoms with Crippen molar-refractivity contribution in [2.75, 3.05) is 0 Å². The topological polar surface area (TPSA) is 20.2 Å². The van der Waals surface area contributed by atoms with Gasteiger partial charge in [-0.05, 0) is 47.4 Å². The van der Waals surface area contributed by atoms with Gasteiger partial charge in [0.2, 0.25) is 0 Å². The number of aryl methyl sites for hydroxylation is 1. The fraction of sp³-hybridized carbons (Fsp3) is 0.400. The average molecular weight is 280 g/mol. The maximum atomic E-state index is 10.8. The molecule has 1 aliphatic carbocycles. The summed E-state index contributed by atoms with van der Waals surface area (Å²) in [6.45, 7) is 4.46.